The van der Waals surface area contributed by atoms with Gasteiger partial charge in [-0.15, -0.1) is 0 Å². The zero-order valence-electron chi connectivity index (χ0n) is 9.14. The molecule has 0 fully saturated rings. The number of amides is 1. The fraction of sp³-hybridized carbons (Fsp3) is 0.444. The van der Waals surface area contributed by atoms with Gasteiger partial charge in [0.25, 0.3) is 0 Å². The Morgan fingerprint density at radius 3 is 2.88 bits per heavy atom. The normalized spacial score (nSPS) is 13.8. The predicted molar refractivity (Wildman–Crippen MR) is 57.4 cm³/mol. The molecule has 0 aromatic carbocycles. The topological polar surface area (TPSA) is 148 Å². The van der Waals surface area contributed by atoms with Crippen molar-refractivity contribution in [3.63, 3.8) is 0 Å². The van der Waals surface area contributed by atoms with Gasteiger partial charge in [0.2, 0.25) is 5.91 Å². The molecule has 0 aliphatic rings. The molecule has 2 unspecified atom stereocenters. The number of nitrogens with one attached hydrogen (secondary N) is 2. The van der Waals surface area contributed by atoms with Gasteiger partial charge in [0.1, 0.15) is 23.8 Å². The number of H-pyrrole nitrogens is 1. The highest BCUT2D eigenvalue weighted by Crippen LogP contribution is 2.21. The molecular formula is C9H13N5O3. The van der Waals surface area contributed by atoms with Gasteiger partial charge in [0, 0.05) is 13.5 Å². The van der Waals surface area contributed by atoms with Crippen molar-refractivity contribution in [2.24, 2.45) is 0 Å². The standard InChI is InChI=1S/C9H13N5O3/c1-4(15)12-3-6(16)8(17)7-5(2-10)9(11)14-13-7/h6,8,16-17H,3H2,1H3,(H,12,15)(H3,11,13,14). The number of nitriles is 1. The first-order valence-electron chi connectivity index (χ1n) is 4.81. The Labute approximate surface area is 97.1 Å². The molecule has 0 aliphatic carbocycles. The largest absolute Gasteiger partial charge is 0.388 e. The number of aromatic amines is 1. The van der Waals surface area contributed by atoms with Crippen molar-refractivity contribution in [1.29, 1.82) is 5.26 Å². The number of hydrogen-bond acceptors (Lipinski definition) is 6. The average molecular weight is 239 g/mol. The summed E-state index contributed by atoms with van der Waals surface area (Å²) in [5.74, 6) is -0.380. The Kier molecular flexibility index (Phi) is 4.03. The SMILES string of the molecule is CC(=O)NCC(O)C(O)c1[nH]nc(N)c1C#N. The first kappa shape index (κ1) is 13.0. The first-order valence-corrected chi connectivity index (χ1v) is 4.81. The quantitative estimate of drug-likeness (QED) is 0.427. The molecule has 0 saturated heterocycles. The van der Waals surface area contributed by atoms with Gasteiger partial charge in [-0.2, -0.15) is 10.4 Å². The lowest BCUT2D eigenvalue weighted by atomic mass is 10.1. The summed E-state index contributed by atoms with van der Waals surface area (Å²) in [6.45, 7) is 1.15. The van der Waals surface area contributed by atoms with Gasteiger partial charge in [-0.05, 0) is 0 Å². The summed E-state index contributed by atoms with van der Waals surface area (Å²) >= 11 is 0. The number of nitrogen functional groups attached to an aromatic ring is 1. The molecule has 2 atom stereocenters. The van der Waals surface area contributed by atoms with Crippen molar-refractivity contribution in [3.8, 4) is 6.07 Å². The van der Waals surface area contributed by atoms with Gasteiger partial charge < -0.3 is 21.3 Å². The van der Waals surface area contributed by atoms with Gasteiger partial charge in [-0.25, -0.2) is 0 Å². The number of carbonyl (C=O) groups excluding carboxylic acids is 1. The van der Waals surface area contributed by atoms with Crippen molar-refractivity contribution in [3.05, 3.63) is 11.3 Å². The molecule has 1 aromatic rings. The molecule has 0 radical (unpaired) electrons. The summed E-state index contributed by atoms with van der Waals surface area (Å²) in [5.41, 5.74) is 5.40. The number of hydrogen-bond donors (Lipinski definition) is 5. The highest BCUT2D eigenvalue weighted by atomic mass is 16.3. The fourth-order valence-electron chi connectivity index (χ4n) is 1.25. The summed E-state index contributed by atoms with van der Waals surface area (Å²) in [7, 11) is 0. The number of anilines is 1. The third-order valence-corrected chi connectivity index (χ3v) is 2.15. The van der Waals surface area contributed by atoms with Crippen LogP contribution < -0.4 is 11.1 Å². The van der Waals surface area contributed by atoms with Crippen LogP contribution in [0.4, 0.5) is 5.82 Å². The van der Waals surface area contributed by atoms with Crippen LogP contribution in [0.5, 0.6) is 0 Å². The molecule has 1 rings (SSSR count). The van der Waals surface area contributed by atoms with Crippen LogP contribution in [-0.2, 0) is 4.79 Å². The van der Waals surface area contributed by atoms with E-state index in [1.165, 1.54) is 6.92 Å². The maximum absolute atomic E-state index is 10.6. The van der Waals surface area contributed by atoms with Crippen LogP contribution >= 0.6 is 0 Å². The Hall–Kier alpha value is -2.11. The lowest BCUT2D eigenvalue weighted by Crippen LogP contribution is -2.34. The minimum absolute atomic E-state index is 0.0145. The van der Waals surface area contributed by atoms with Crippen LogP contribution in [0.25, 0.3) is 0 Å². The Balaban J connectivity index is 2.78. The first-order chi connectivity index (χ1) is 7.97. The lowest BCUT2D eigenvalue weighted by Gasteiger charge is -2.16. The number of nitrogens with two attached hydrogens (primary N) is 1. The van der Waals surface area contributed by atoms with E-state index in [4.69, 9.17) is 11.0 Å². The smallest absolute Gasteiger partial charge is 0.216 e. The summed E-state index contributed by atoms with van der Waals surface area (Å²) < 4.78 is 0. The van der Waals surface area contributed by atoms with E-state index in [9.17, 15) is 15.0 Å². The van der Waals surface area contributed by atoms with Crippen LogP contribution in [0.1, 0.15) is 24.3 Å². The third kappa shape index (κ3) is 2.93. The number of aliphatic hydroxyl groups is 2. The molecule has 17 heavy (non-hydrogen) atoms. The second kappa shape index (κ2) is 5.29. The van der Waals surface area contributed by atoms with Gasteiger partial charge in [-0.1, -0.05) is 0 Å². The van der Waals surface area contributed by atoms with E-state index in [0.29, 0.717) is 0 Å². The van der Waals surface area contributed by atoms with Crippen LogP contribution in [0.3, 0.4) is 0 Å². The van der Waals surface area contributed by atoms with E-state index < -0.39 is 12.2 Å². The minimum atomic E-state index is -1.37. The van der Waals surface area contributed by atoms with Crippen LogP contribution in [0.15, 0.2) is 0 Å². The molecular weight excluding hydrogens is 226 g/mol. The molecule has 1 amide bonds. The fourth-order valence-corrected chi connectivity index (χ4v) is 1.25. The van der Waals surface area contributed by atoms with E-state index in [1.54, 1.807) is 6.07 Å². The summed E-state index contributed by atoms with van der Waals surface area (Å²) in [4.78, 5) is 10.6. The van der Waals surface area contributed by atoms with Crippen molar-refractivity contribution in [1.82, 2.24) is 15.5 Å². The van der Waals surface area contributed by atoms with Crippen LogP contribution in [0.2, 0.25) is 0 Å². The van der Waals surface area contributed by atoms with Crippen molar-refractivity contribution in [2.75, 3.05) is 12.3 Å². The van der Waals surface area contributed by atoms with E-state index in [2.05, 4.69) is 15.5 Å². The van der Waals surface area contributed by atoms with E-state index in [-0.39, 0.29) is 29.5 Å². The zero-order chi connectivity index (χ0) is 13.0. The number of aliphatic hydroxyl groups excluding tert-OH is 2. The molecule has 0 bridgehead atoms. The minimum Gasteiger partial charge on any atom is -0.388 e. The van der Waals surface area contributed by atoms with Crippen molar-refractivity contribution in [2.45, 2.75) is 19.1 Å². The number of rotatable bonds is 4. The van der Waals surface area contributed by atoms with Gasteiger partial charge in [-0.3, -0.25) is 9.89 Å². The monoisotopic (exact) mass is 239 g/mol. The summed E-state index contributed by atoms with van der Waals surface area (Å²) in [6, 6.07) is 1.77. The van der Waals surface area contributed by atoms with Gasteiger partial charge >= 0.3 is 0 Å². The average Bonchev–Trinajstić information content (AvgIpc) is 2.66. The van der Waals surface area contributed by atoms with Gasteiger partial charge in [0.05, 0.1) is 5.69 Å². The highest BCUT2D eigenvalue weighted by Gasteiger charge is 2.24. The predicted octanol–water partition coefficient (Wildman–Crippen LogP) is -1.61. The number of aromatic nitrogens is 2. The molecule has 6 N–H and O–H groups in total. The number of nitrogens with zero attached hydrogens (tertiary/aromatic N) is 2. The molecule has 8 nitrogen and oxygen atoms in total. The van der Waals surface area contributed by atoms with E-state index in [0.717, 1.165) is 0 Å². The van der Waals surface area contributed by atoms with Crippen molar-refractivity contribution >= 4 is 11.7 Å². The lowest BCUT2D eigenvalue weighted by molar-refractivity contribution is -0.119. The molecule has 1 heterocycles. The second-order valence-corrected chi connectivity index (χ2v) is 3.46. The van der Waals surface area contributed by atoms with Gasteiger partial charge in [0.15, 0.2) is 5.82 Å². The van der Waals surface area contributed by atoms with Crippen LogP contribution in [0, 0.1) is 11.3 Å². The Morgan fingerprint density at radius 2 is 2.35 bits per heavy atom. The third-order valence-electron chi connectivity index (χ3n) is 2.15. The van der Waals surface area contributed by atoms with E-state index >= 15 is 0 Å². The summed E-state index contributed by atoms with van der Waals surface area (Å²) in [6.07, 6.45) is -2.63. The van der Waals surface area contributed by atoms with Crippen molar-refractivity contribution < 1.29 is 15.0 Å². The summed E-state index contributed by atoms with van der Waals surface area (Å²) in [5, 5.41) is 36.4. The molecule has 1 aromatic heterocycles. The van der Waals surface area contributed by atoms with Crippen LogP contribution in [-0.4, -0.2) is 39.0 Å². The molecule has 92 valence electrons. The Bertz CT molecular complexity index is 450. The highest BCUT2D eigenvalue weighted by molar-refractivity contribution is 5.72. The molecule has 8 heteroatoms. The Morgan fingerprint density at radius 1 is 1.71 bits per heavy atom. The van der Waals surface area contributed by atoms with E-state index in [1.807, 2.05) is 0 Å². The maximum atomic E-state index is 10.6. The molecule has 0 aliphatic heterocycles. The zero-order valence-corrected chi connectivity index (χ0v) is 9.14. The second-order valence-electron chi connectivity index (χ2n) is 3.46. The molecule has 0 spiro atoms. The number of carbonyl (C=O) groups is 1. The molecule has 0 saturated carbocycles. The maximum Gasteiger partial charge on any atom is 0.216 e.